The smallest absolute Gasteiger partial charge is 0.123 e. The lowest BCUT2D eigenvalue weighted by molar-refractivity contribution is 0.181. The highest BCUT2D eigenvalue weighted by molar-refractivity contribution is 5.16. The van der Waals surface area contributed by atoms with Gasteiger partial charge in [-0.2, -0.15) is 0 Å². The predicted molar refractivity (Wildman–Crippen MR) is 94.0 cm³/mol. The molecule has 1 nitrogen and oxygen atoms in total. The van der Waals surface area contributed by atoms with Crippen molar-refractivity contribution < 1.29 is 4.39 Å². The molecule has 0 bridgehead atoms. The topological polar surface area (TPSA) is 3.24 Å². The molecule has 2 aromatic carbocycles. The van der Waals surface area contributed by atoms with Gasteiger partial charge < -0.3 is 4.90 Å². The van der Waals surface area contributed by atoms with E-state index in [0.29, 0.717) is 0 Å². The van der Waals surface area contributed by atoms with Crippen LogP contribution in [-0.4, -0.2) is 24.5 Å². The van der Waals surface area contributed by atoms with Crippen molar-refractivity contribution >= 4 is 0 Å². The van der Waals surface area contributed by atoms with Gasteiger partial charge in [0.15, 0.2) is 0 Å². The highest BCUT2D eigenvalue weighted by Gasteiger charge is 2.18. The minimum Gasteiger partial charge on any atom is -0.303 e. The van der Waals surface area contributed by atoms with Crippen LogP contribution in [0.2, 0.25) is 0 Å². The molecule has 0 unspecified atom stereocenters. The van der Waals surface area contributed by atoms with Gasteiger partial charge in [0.1, 0.15) is 5.82 Å². The highest BCUT2D eigenvalue weighted by atomic mass is 19.1. The SMILES string of the molecule is Fc1ccc(CCN2CCC(CCc3ccccc3)CC2)cc1. The first-order valence-corrected chi connectivity index (χ1v) is 8.80. The number of hydrogen-bond acceptors (Lipinski definition) is 1. The third-order valence-corrected chi connectivity index (χ3v) is 5.02. The summed E-state index contributed by atoms with van der Waals surface area (Å²) in [6, 6.07) is 17.7. The molecule has 3 rings (SSSR count). The third-order valence-electron chi connectivity index (χ3n) is 5.02. The number of piperidine rings is 1. The summed E-state index contributed by atoms with van der Waals surface area (Å²) in [5.74, 6) is 0.727. The molecule has 0 N–H and O–H groups in total. The van der Waals surface area contributed by atoms with Gasteiger partial charge in [0.2, 0.25) is 0 Å². The molecule has 0 radical (unpaired) electrons. The summed E-state index contributed by atoms with van der Waals surface area (Å²) < 4.78 is 12.9. The molecule has 23 heavy (non-hydrogen) atoms. The van der Waals surface area contributed by atoms with Crippen LogP contribution in [0.3, 0.4) is 0 Å². The van der Waals surface area contributed by atoms with Crippen LogP contribution in [0.1, 0.15) is 30.4 Å². The van der Waals surface area contributed by atoms with Gasteiger partial charge in [0.25, 0.3) is 0 Å². The molecule has 1 heterocycles. The minimum atomic E-state index is -0.145. The second-order valence-electron chi connectivity index (χ2n) is 6.69. The van der Waals surface area contributed by atoms with Gasteiger partial charge in [-0.25, -0.2) is 4.39 Å². The van der Waals surface area contributed by atoms with Crippen LogP contribution in [0.4, 0.5) is 4.39 Å². The van der Waals surface area contributed by atoms with Crippen molar-refractivity contribution in [2.75, 3.05) is 19.6 Å². The Balaban J connectivity index is 1.36. The average Bonchev–Trinajstić information content (AvgIpc) is 2.61. The van der Waals surface area contributed by atoms with Crippen molar-refractivity contribution in [2.45, 2.75) is 32.1 Å². The van der Waals surface area contributed by atoms with Gasteiger partial charge in [0.05, 0.1) is 0 Å². The molecule has 0 saturated carbocycles. The Morgan fingerprint density at radius 3 is 2.17 bits per heavy atom. The summed E-state index contributed by atoms with van der Waals surface area (Å²) in [6.07, 6.45) is 6.18. The maximum absolute atomic E-state index is 12.9. The maximum Gasteiger partial charge on any atom is 0.123 e. The molecular formula is C21H26FN. The largest absolute Gasteiger partial charge is 0.303 e. The maximum atomic E-state index is 12.9. The molecule has 0 amide bonds. The Labute approximate surface area is 139 Å². The molecule has 122 valence electrons. The van der Waals surface area contributed by atoms with Gasteiger partial charge in [-0.05, 0) is 74.4 Å². The summed E-state index contributed by atoms with van der Waals surface area (Å²) in [5, 5.41) is 0. The van der Waals surface area contributed by atoms with Crippen LogP contribution >= 0.6 is 0 Å². The predicted octanol–water partition coefficient (Wildman–Crippen LogP) is 4.71. The monoisotopic (exact) mass is 311 g/mol. The summed E-state index contributed by atoms with van der Waals surface area (Å²) in [7, 11) is 0. The van der Waals surface area contributed by atoms with E-state index in [4.69, 9.17) is 0 Å². The average molecular weight is 311 g/mol. The summed E-state index contributed by atoms with van der Waals surface area (Å²) in [4.78, 5) is 2.56. The van der Waals surface area contributed by atoms with E-state index < -0.39 is 0 Å². The molecule has 0 aliphatic carbocycles. The van der Waals surface area contributed by atoms with E-state index in [-0.39, 0.29) is 5.82 Å². The zero-order valence-electron chi connectivity index (χ0n) is 13.8. The van der Waals surface area contributed by atoms with E-state index in [1.807, 2.05) is 12.1 Å². The summed E-state index contributed by atoms with van der Waals surface area (Å²) in [6.45, 7) is 3.51. The van der Waals surface area contributed by atoms with Crippen molar-refractivity contribution in [3.05, 3.63) is 71.5 Å². The van der Waals surface area contributed by atoms with Crippen molar-refractivity contribution in [1.29, 1.82) is 0 Å². The van der Waals surface area contributed by atoms with Crippen LogP contribution in [0.25, 0.3) is 0 Å². The molecule has 2 heteroatoms. The molecule has 0 aromatic heterocycles. The second-order valence-corrected chi connectivity index (χ2v) is 6.69. The summed E-state index contributed by atoms with van der Waals surface area (Å²) in [5.41, 5.74) is 2.70. The van der Waals surface area contributed by atoms with E-state index in [9.17, 15) is 4.39 Å². The highest BCUT2D eigenvalue weighted by Crippen LogP contribution is 2.22. The number of likely N-dealkylation sites (tertiary alicyclic amines) is 1. The van der Waals surface area contributed by atoms with Crippen LogP contribution in [-0.2, 0) is 12.8 Å². The van der Waals surface area contributed by atoms with E-state index in [0.717, 1.165) is 18.9 Å². The van der Waals surface area contributed by atoms with E-state index in [2.05, 4.69) is 35.2 Å². The quantitative estimate of drug-likeness (QED) is 0.746. The third kappa shape index (κ3) is 5.18. The molecule has 0 spiro atoms. The zero-order valence-corrected chi connectivity index (χ0v) is 13.8. The first-order chi connectivity index (χ1) is 11.3. The van der Waals surface area contributed by atoms with Gasteiger partial charge in [0, 0.05) is 6.54 Å². The lowest BCUT2D eigenvalue weighted by Gasteiger charge is -2.32. The first-order valence-electron chi connectivity index (χ1n) is 8.80. The van der Waals surface area contributed by atoms with Gasteiger partial charge >= 0.3 is 0 Å². The minimum absolute atomic E-state index is 0.145. The molecule has 0 atom stereocenters. The molecule has 1 aliphatic rings. The van der Waals surface area contributed by atoms with Gasteiger partial charge in [-0.3, -0.25) is 0 Å². The molecule has 1 aliphatic heterocycles. The molecular weight excluding hydrogens is 285 g/mol. The standard InChI is InChI=1S/C21H26FN/c22-21-10-8-19(9-11-21)12-15-23-16-13-20(14-17-23)7-6-18-4-2-1-3-5-18/h1-5,8-11,20H,6-7,12-17H2. The van der Waals surface area contributed by atoms with Crippen LogP contribution in [0.15, 0.2) is 54.6 Å². The normalized spacial score (nSPS) is 16.6. The van der Waals surface area contributed by atoms with Crippen molar-refractivity contribution in [3.63, 3.8) is 0 Å². The number of halogens is 1. The lowest BCUT2D eigenvalue weighted by Crippen LogP contribution is -2.35. The number of rotatable bonds is 6. The number of nitrogens with zero attached hydrogens (tertiary/aromatic N) is 1. The van der Waals surface area contributed by atoms with Crippen molar-refractivity contribution in [1.82, 2.24) is 4.90 Å². The van der Waals surface area contributed by atoms with Crippen LogP contribution in [0, 0.1) is 11.7 Å². The Morgan fingerprint density at radius 1 is 0.826 bits per heavy atom. The number of benzene rings is 2. The number of hydrogen-bond donors (Lipinski definition) is 0. The van der Waals surface area contributed by atoms with Crippen LogP contribution in [0.5, 0.6) is 0 Å². The molecule has 1 fully saturated rings. The lowest BCUT2D eigenvalue weighted by atomic mass is 9.90. The van der Waals surface area contributed by atoms with Crippen LogP contribution < -0.4 is 0 Å². The Bertz CT molecular complexity index is 571. The molecule has 2 aromatic rings. The van der Waals surface area contributed by atoms with E-state index >= 15 is 0 Å². The van der Waals surface area contributed by atoms with Crippen molar-refractivity contribution in [3.8, 4) is 0 Å². The second kappa shape index (κ2) is 8.26. The Kier molecular flexibility index (Phi) is 5.82. The Hall–Kier alpha value is -1.67. The molecule has 1 saturated heterocycles. The zero-order chi connectivity index (χ0) is 15.9. The first kappa shape index (κ1) is 16.2. The van der Waals surface area contributed by atoms with E-state index in [1.54, 1.807) is 12.1 Å². The van der Waals surface area contributed by atoms with Gasteiger partial charge in [-0.1, -0.05) is 42.5 Å². The van der Waals surface area contributed by atoms with Crippen molar-refractivity contribution in [2.24, 2.45) is 5.92 Å². The Morgan fingerprint density at radius 2 is 1.48 bits per heavy atom. The number of aryl methyl sites for hydroxylation is 1. The van der Waals surface area contributed by atoms with Gasteiger partial charge in [-0.15, -0.1) is 0 Å². The fraction of sp³-hybridized carbons (Fsp3) is 0.429. The summed E-state index contributed by atoms with van der Waals surface area (Å²) >= 11 is 0. The van der Waals surface area contributed by atoms with E-state index in [1.165, 1.54) is 49.9 Å². The fourth-order valence-corrected chi connectivity index (χ4v) is 3.45. The fourth-order valence-electron chi connectivity index (χ4n) is 3.45.